The Bertz CT molecular complexity index is 643. The normalized spacial score (nSPS) is 11.2. The number of nitrogens with two attached hydrogens (primary N) is 1. The van der Waals surface area contributed by atoms with Crippen LogP contribution >= 0.6 is 0 Å². The van der Waals surface area contributed by atoms with E-state index in [1.165, 1.54) is 5.56 Å². The summed E-state index contributed by atoms with van der Waals surface area (Å²) in [5.41, 5.74) is 12.8. The van der Waals surface area contributed by atoms with E-state index in [2.05, 4.69) is 23.2 Å². The van der Waals surface area contributed by atoms with Gasteiger partial charge in [-0.3, -0.25) is 0 Å². The van der Waals surface area contributed by atoms with Gasteiger partial charge in [0.05, 0.1) is 11.4 Å². The predicted molar refractivity (Wildman–Crippen MR) is 80.4 cm³/mol. The molecule has 0 aromatic heterocycles. The summed E-state index contributed by atoms with van der Waals surface area (Å²) in [6.07, 6.45) is 0. The molecule has 0 radical (unpaired) electrons. The number of hydrogen-bond acceptors (Lipinski definition) is 3. The van der Waals surface area contributed by atoms with Crippen molar-refractivity contribution >= 4 is 17.1 Å². The molecule has 0 saturated heterocycles. The number of azo groups is 1. The number of aryl methyl sites for hydroxylation is 4. The number of anilines is 1. The zero-order chi connectivity index (χ0) is 14.0. The van der Waals surface area contributed by atoms with Crippen LogP contribution in [0.25, 0.3) is 0 Å². The lowest BCUT2D eigenvalue weighted by Crippen LogP contribution is -1.90. The summed E-state index contributed by atoms with van der Waals surface area (Å²) in [7, 11) is 0. The van der Waals surface area contributed by atoms with Gasteiger partial charge in [0.15, 0.2) is 0 Å². The standard InChI is InChI=1S/C16H19N3/c1-10-5-6-14(12(3)7-10)18-19-15-9-11(2)8-13(4)16(15)17/h5-9H,17H2,1-4H3/b19-18+. The third kappa shape index (κ3) is 2.99. The van der Waals surface area contributed by atoms with Crippen LogP contribution in [0.4, 0.5) is 17.1 Å². The molecule has 19 heavy (non-hydrogen) atoms. The molecular formula is C16H19N3. The molecule has 0 unspecified atom stereocenters. The maximum Gasteiger partial charge on any atom is 0.109 e. The molecule has 3 heteroatoms. The van der Waals surface area contributed by atoms with Crippen LogP contribution in [-0.2, 0) is 0 Å². The van der Waals surface area contributed by atoms with Crippen molar-refractivity contribution in [3.05, 3.63) is 52.6 Å². The van der Waals surface area contributed by atoms with E-state index in [1.54, 1.807) is 0 Å². The van der Waals surface area contributed by atoms with E-state index in [0.29, 0.717) is 5.69 Å². The van der Waals surface area contributed by atoms with Crippen molar-refractivity contribution in [3.8, 4) is 0 Å². The second kappa shape index (κ2) is 5.22. The zero-order valence-corrected chi connectivity index (χ0v) is 11.9. The number of nitrogens with zero attached hydrogens (tertiary/aromatic N) is 2. The molecule has 0 aliphatic rings. The van der Waals surface area contributed by atoms with Crippen LogP contribution in [-0.4, -0.2) is 0 Å². The Morgan fingerprint density at radius 2 is 1.37 bits per heavy atom. The van der Waals surface area contributed by atoms with E-state index < -0.39 is 0 Å². The van der Waals surface area contributed by atoms with Gasteiger partial charge in [0, 0.05) is 0 Å². The molecule has 98 valence electrons. The average Bonchev–Trinajstić information content (AvgIpc) is 2.33. The van der Waals surface area contributed by atoms with Gasteiger partial charge >= 0.3 is 0 Å². The average molecular weight is 253 g/mol. The molecule has 0 saturated carbocycles. The van der Waals surface area contributed by atoms with Crippen LogP contribution in [0.2, 0.25) is 0 Å². The fourth-order valence-electron chi connectivity index (χ4n) is 2.06. The Morgan fingerprint density at radius 3 is 2.05 bits per heavy atom. The van der Waals surface area contributed by atoms with E-state index >= 15 is 0 Å². The lowest BCUT2D eigenvalue weighted by atomic mass is 10.1. The summed E-state index contributed by atoms with van der Waals surface area (Å²) in [4.78, 5) is 0. The SMILES string of the molecule is Cc1ccc(/N=N/c2cc(C)cc(C)c2N)c(C)c1. The van der Waals surface area contributed by atoms with E-state index in [9.17, 15) is 0 Å². The van der Waals surface area contributed by atoms with Gasteiger partial charge in [-0.05, 0) is 56.5 Å². The fraction of sp³-hybridized carbons (Fsp3) is 0.250. The third-order valence-corrected chi connectivity index (χ3v) is 3.13. The lowest BCUT2D eigenvalue weighted by molar-refractivity contribution is 1.19. The maximum atomic E-state index is 6.02. The third-order valence-electron chi connectivity index (χ3n) is 3.13. The molecule has 0 atom stereocenters. The Kier molecular flexibility index (Phi) is 3.65. The van der Waals surface area contributed by atoms with Crippen molar-refractivity contribution in [3.63, 3.8) is 0 Å². The van der Waals surface area contributed by atoms with E-state index in [1.807, 2.05) is 45.0 Å². The summed E-state index contributed by atoms with van der Waals surface area (Å²) in [6.45, 7) is 8.11. The van der Waals surface area contributed by atoms with Gasteiger partial charge in [0.1, 0.15) is 5.69 Å². The van der Waals surface area contributed by atoms with Gasteiger partial charge in [-0.1, -0.05) is 23.8 Å². The zero-order valence-electron chi connectivity index (χ0n) is 11.9. The highest BCUT2D eigenvalue weighted by atomic mass is 15.1. The molecular weight excluding hydrogens is 234 g/mol. The van der Waals surface area contributed by atoms with Crippen molar-refractivity contribution in [2.24, 2.45) is 10.2 Å². The van der Waals surface area contributed by atoms with Gasteiger partial charge in [-0.2, -0.15) is 5.11 Å². The van der Waals surface area contributed by atoms with Gasteiger partial charge in [0.25, 0.3) is 0 Å². The Balaban J connectivity index is 2.38. The maximum absolute atomic E-state index is 6.02. The smallest absolute Gasteiger partial charge is 0.109 e. The lowest BCUT2D eigenvalue weighted by Gasteiger charge is -2.05. The van der Waals surface area contributed by atoms with Crippen LogP contribution in [0.3, 0.4) is 0 Å². The number of benzene rings is 2. The molecule has 0 spiro atoms. The molecule has 0 fully saturated rings. The highest BCUT2D eigenvalue weighted by Crippen LogP contribution is 2.29. The second-order valence-corrected chi connectivity index (χ2v) is 5.00. The Morgan fingerprint density at radius 1 is 0.737 bits per heavy atom. The summed E-state index contributed by atoms with van der Waals surface area (Å²) in [5.74, 6) is 0. The van der Waals surface area contributed by atoms with Crippen molar-refractivity contribution in [2.45, 2.75) is 27.7 Å². The van der Waals surface area contributed by atoms with Crippen molar-refractivity contribution < 1.29 is 0 Å². The molecule has 2 N–H and O–H groups in total. The summed E-state index contributed by atoms with van der Waals surface area (Å²) >= 11 is 0. The molecule has 2 aromatic carbocycles. The predicted octanol–water partition coefficient (Wildman–Crippen LogP) is 4.92. The minimum atomic E-state index is 0.694. The minimum Gasteiger partial charge on any atom is -0.397 e. The molecule has 2 aromatic rings. The second-order valence-electron chi connectivity index (χ2n) is 5.00. The molecule has 0 amide bonds. The van der Waals surface area contributed by atoms with Crippen molar-refractivity contribution in [1.82, 2.24) is 0 Å². The number of nitrogen functional groups attached to an aromatic ring is 1. The van der Waals surface area contributed by atoms with Crippen LogP contribution in [0.1, 0.15) is 22.3 Å². The topological polar surface area (TPSA) is 50.7 Å². The monoisotopic (exact) mass is 253 g/mol. The Labute approximate surface area is 114 Å². The highest BCUT2D eigenvalue weighted by molar-refractivity contribution is 5.67. The molecule has 3 nitrogen and oxygen atoms in total. The molecule has 0 aliphatic heterocycles. The van der Waals surface area contributed by atoms with Crippen molar-refractivity contribution in [2.75, 3.05) is 5.73 Å². The van der Waals surface area contributed by atoms with E-state index in [-0.39, 0.29) is 0 Å². The summed E-state index contributed by atoms with van der Waals surface area (Å²) in [6, 6.07) is 10.1. The van der Waals surface area contributed by atoms with Crippen LogP contribution in [0.5, 0.6) is 0 Å². The summed E-state index contributed by atoms with van der Waals surface area (Å²) < 4.78 is 0. The first-order valence-electron chi connectivity index (χ1n) is 6.33. The van der Waals surface area contributed by atoms with Gasteiger partial charge in [-0.25, -0.2) is 0 Å². The number of hydrogen-bond donors (Lipinski definition) is 1. The molecule has 0 bridgehead atoms. The van der Waals surface area contributed by atoms with E-state index in [0.717, 1.165) is 28.1 Å². The first kappa shape index (κ1) is 13.3. The first-order chi connectivity index (χ1) is 8.97. The van der Waals surface area contributed by atoms with Gasteiger partial charge in [0.2, 0.25) is 0 Å². The highest BCUT2D eigenvalue weighted by Gasteiger charge is 2.03. The van der Waals surface area contributed by atoms with Crippen LogP contribution in [0, 0.1) is 27.7 Å². The Hall–Kier alpha value is -2.16. The van der Waals surface area contributed by atoms with Gasteiger partial charge < -0.3 is 5.73 Å². The van der Waals surface area contributed by atoms with Crippen LogP contribution < -0.4 is 5.73 Å². The quantitative estimate of drug-likeness (QED) is 0.599. The molecule has 0 aliphatic carbocycles. The largest absolute Gasteiger partial charge is 0.397 e. The van der Waals surface area contributed by atoms with E-state index in [4.69, 9.17) is 5.73 Å². The minimum absolute atomic E-state index is 0.694. The van der Waals surface area contributed by atoms with Crippen molar-refractivity contribution in [1.29, 1.82) is 0 Å². The number of rotatable bonds is 2. The molecule has 0 heterocycles. The first-order valence-corrected chi connectivity index (χ1v) is 6.33. The van der Waals surface area contributed by atoms with Gasteiger partial charge in [-0.15, -0.1) is 5.11 Å². The molecule has 2 rings (SSSR count). The summed E-state index contributed by atoms with van der Waals surface area (Å²) in [5, 5.41) is 8.59. The van der Waals surface area contributed by atoms with Crippen LogP contribution in [0.15, 0.2) is 40.6 Å². The fourth-order valence-corrected chi connectivity index (χ4v) is 2.06.